The van der Waals surface area contributed by atoms with Gasteiger partial charge in [-0.1, -0.05) is 36.0 Å². The molecule has 1 amide bonds. The molecule has 1 fully saturated rings. The van der Waals surface area contributed by atoms with E-state index in [1.807, 2.05) is 18.2 Å². The fraction of sp³-hybridized carbons (Fsp3) is 0.370. The molecule has 186 valence electrons. The molecule has 0 aliphatic carbocycles. The summed E-state index contributed by atoms with van der Waals surface area (Å²) in [7, 11) is 1.69. The molecule has 8 nitrogen and oxygen atoms in total. The van der Waals surface area contributed by atoms with Crippen molar-refractivity contribution in [3.8, 4) is 0 Å². The van der Waals surface area contributed by atoms with Crippen LogP contribution in [0.15, 0.2) is 64.8 Å². The number of piperidine rings is 1. The number of aromatic nitrogens is 2. The summed E-state index contributed by atoms with van der Waals surface area (Å²) < 4.78 is 5.49. The SMILES string of the molecule is COCN1c2cc(CN3CCCC(CN4C(=O)c5ccccc5C4O)C3)ccc2Sc2nccnc21. The standard InChI is InChI=1S/C27H29N5O3S/c1-35-17-32-22-13-18(8-9-23(22)36-25-24(32)28-10-11-29-25)14-30-12-4-5-19(15-30)16-31-26(33)20-6-2-3-7-21(20)27(31)34/h2-3,6-11,13,19,26,33H,4-5,12,14-17H2,1H3. The van der Waals surface area contributed by atoms with Gasteiger partial charge in [-0.05, 0) is 49.1 Å². The van der Waals surface area contributed by atoms with E-state index in [0.717, 1.165) is 53.9 Å². The first-order valence-corrected chi connectivity index (χ1v) is 13.1. The van der Waals surface area contributed by atoms with Crippen LogP contribution in [-0.2, 0) is 11.3 Å². The molecule has 3 aliphatic rings. The third-order valence-electron chi connectivity index (χ3n) is 7.17. The van der Waals surface area contributed by atoms with E-state index in [0.29, 0.717) is 30.3 Å². The molecule has 3 aromatic rings. The first-order valence-electron chi connectivity index (χ1n) is 12.3. The van der Waals surface area contributed by atoms with Crippen LogP contribution in [0.3, 0.4) is 0 Å². The lowest BCUT2D eigenvalue weighted by molar-refractivity contribution is 0.00373. The number of hydrogen-bond donors (Lipinski definition) is 1. The molecule has 0 bridgehead atoms. The van der Waals surface area contributed by atoms with Crippen LogP contribution in [0.25, 0.3) is 0 Å². The van der Waals surface area contributed by atoms with E-state index in [1.165, 1.54) is 5.56 Å². The lowest BCUT2D eigenvalue weighted by Crippen LogP contribution is -2.41. The second kappa shape index (κ2) is 9.82. The Kier molecular flexibility index (Phi) is 6.39. The number of aliphatic hydroxyl groups is 1. The summed E-state index contributed by atoms with van der Waals surface area (Å²) in [4.78, 5) is 29.2. The van der Waals surface area contributed by atoms with Crippen LogP contribution >= 0.6 is 11.8 Å². The van der Waals surface area contributed by atoms with Gasteiger partial charge in [-0.15, -0.1) is 0 Å². The van der Waals surface area contributed by atoms with Crippen LogP contribution in [0, 0.1) is 5.92 Å². The van der Waals surface area contributed by atoms with E-state index in [4.69, 9.17) is 4.74 Å². The average Bonchev–Trinajstić information content (AvgIpc) is 3.14. The van der Waals surface area contributed by atoms with E-state index in [2.05, 4.69) is 38.0 Å². The maximum atomic E-state index is 12.9. The van der Waals surface area contributed by atoms with Crippen molar-refractivity contribution in [2.75, 3.05) is 38.4 Å². The maximum absolute atomic E-state index is 12.9. The summed E-state index contributed by atoms with van der Waals surface area (Å²) in [6.07, 6.45) is 4.72. The van der Waals surface area contributed by atoms with E-state index < -0.39 is 6.23 Å². The number of amides is 1. The van der Waals surface area contributed by atoms with Crippen LogP contribution < -0.4 is 4.90 Å². The predicted molar refractivity (Wildman–Crippen MR) is 137 cm³/mol. The number of hydrogen-bond acceptors (Lipinski definition) is 8. The zero-order valence-electron chi connectivity index (χ0n) is 20.2. The van der Waals surface area contributed by atoms with Crippen LogP contribution in [-0.4, -0.2) is 64.3 Å². The lowest BCUT2D eigenvalue weighted by atomic mass is 9.96. The Morgan fingerprint density at radius 1 is 1.17 bits per heavy atom. The van der Waals surface area contributed by atoms with Gasteiger partial charge >= 0.3 is 0 Å². The van der Waals surface area contributed by atoms with Gasteiger partial charge in [0.25, 0.3) is 5.91 Å². The Labute approximate surface area is 214 Å². The highest BCUT2D eigenvalue weighted by Crippen LogP contribution is 2.46. The number of anilines is 2. The molecular formula is C27H29N5O3S. The van der Waals surface area contributed by atoms with Crippen LogP contribution in [0.2, 0.25) is 0 Å². The van der Waals surface area contributed by atoms with Crippen LogP contribution in [0.4, 0.5) is 11.5 Å². The van der Waals surface area contributed by atoms with Crippen molar-refractivity contribution in [2.24, 2.45) is 5.92 Å². The van der Waals surface area contributed by atoms with E-state index in [1.54, 1.807) is 42.2 Å². The number of carbonyl (C=O) groups is 1. The third-order valence-corrected chi connectivity index (χ3v) is 8.22. The maximum Gasteiger partial charge on any atom is 0.256 e. The van der Waals surface area contributed by atoms with E-state index in [9.17, 15) is 9.90 Å². The minimum absolute atomic E-state index is 0.0657. The lowest BCUT2D eigenvalue weighted by Gasteiger charge is -2.36. The number of rotatable bonds is 6. The minimum atomic E-state index is -0.847. The molecule has 2 unspecified atom stereocenters. The summed E-state index contributed by atoms with van der Waals surface area (Å²) in [5.41, 5.74) is 3.66. The van der Waals surface area contributed by atoms with Gasteiger partial charge in [0.05, 0.1) is 5.69 Å². The summed E-state index contributed by atoms with van der Waals surface area (Å²) in [6, 6.07) is 13.9. The van der Waals surface area contributed by atoms with Gasteiger partial charge < -0.3 is 14.7 Å². The summed E-state index contributed by atoms with van der Waals surface area (Å²) >= 11 is 1.63. The number of ether oxygens (including phenoxy) is 1. The average molecular weight is 504 g/mol. The molecule has 4 heterocycles. The zero-order chi connectivity index (χ0) is 24.6. The summed E-state index contributed by atoms with van der Waals surface area (Å²) in [5.74, 6) is 1.08. The largest absolute Gasteiger partial charge is 0.369 e. The minimum Gasteiger partial charge on any atom is -0.369 e. The number of benzene rings is 2. The van der Waals surface area contributed by atoms with Crippen molar-refractivity contribution < 1.29 is 14.6 Å². The molecular weight excluding hydrogens is 474 g/mol. The van der Waals surface area contributed by atoms with Gasteiger partial charge in [-0.25, -0.2) is 9.97 Å². The highest BCUT2D eigenvalue weighted by atomic mass is 32.2. The number of aliphatic hydroxyl groups excluding tert-OH is 1. The van der Waals surface area contributed by atoms with Crippen molar-refractivity contribution in [3.63, 3.8) is 0 Å². The molecule has 1 N–H and O–H groups in total. The van der Waals surface area contributed by atoms with Gasteiger partial charge in [0.1, 0.15) is 11.8 Å². The molecule has 0 spiro atoms. The van der Waals surface area contributed by atoms with E-state index >= 15 is 0 Å². The van der Waals surface area contributed by atoms with Gasteiger partial charge in [0, 0.05) is 55.2 Å². The number of likely N-dealkylation sites (tertiary alicyclic amines) is 1. The van der Waals surface area contributed by atoms with Crippen molar-refractivity contribution in [3.05, 3.63) is 71.5 Å². The van der Waals surface area contributed by atoms with Crippen LogP contribution in [0.1, 0.15) is 40.6 Å². The zero-order valence-corrected chi connectivity index (χ0v) is 21.0. The van der Waals surface area contributed by atoms with Crippen molar-refractivity contribution in [2.45, 2.75) is 35.5 Å². The molecule has 6 rings (SSSR count). The first-order chi connectivity index (χ1) is 17.6. The second-order valence-corrected chi connectivity index (χ2v) is 10.6. The molecule has 36 heavy (non-hydrogen) atoms. The number of fused-ring (bicyclic) bond motifs is 3. The molecule has 1 saturated heterocycles. The predicted octanol–water partition coefficient (Wildman–Crippen LogP) is 4.04. The highest BCUT2D eigenvalue weighted by molar-refractivity contribution is 7.99. The summed E-state index contributed by atoms with van der Waals surface area (Å²) in [6.45, 7) is 3.73. The summed E-state index contributed by atoms with van der Waals surface area (Å²) in [5, 5.41) is 11.6. The molecule has 3 aliphatic heterocycles. The van der Waals surface area contributed by atoms with Crippen molar-refractivity contribution in [1.82, 2.24) is 19.8 Å². The number of nitrogens with zero attached hydrogens (tertiary/aromatic N) is 5. The Morgan fingerprint density at radius 3 is 2.89 bits per heavy atom. The number of carbonyl (C=O) groups excluding carboxylic acids is 1. The fourth-order valence-electron chi connectivity index (χ4n) is 5.53. The molecule has 1 aromatic heterocycles. The Hall–Kier alpha value is -2.98. The Bertz CT molecular complexity index is 1290. The van der Waals surface area contributed by atoms with Crippen molar-refractivity contribution in [1.29, 1.82) is 0 Å². The molecule has 9 heteroatoms. The Morgan fingerprint density at radius 2 is 2.03 bits per heavy atom. The van der Waals surface area contributed by atoms with Gasteiger partial charge in [-0.2, -0.15) is 0 Å². The topological polar surface area (TPSA) is 82.0 Å². The van der Waals surface area contributed by atoms with E-state index in [-0.39, 0.29) is 5.91 Å². The molecule has 0 radical (unpaired) electrons. The van der Waals surface area contributed by atoms with Crippen LogP contribution in [0.5, 0.6) is 0 Å². The van der Waals surface area contributed by atoms with Crippen molar-refractivity contribution >= 4 is 29.2 Å². The second-order valence-electron chi connectivity index (χ2n) is 9.60. The normalized spacial score (nSPS) is 21.3. The smallest absolute Gasteiger partial charge is 0.256 e. The number of methoxy groups -OCH3 is 1. The fourth-order valence-corrected chi connectivity index (χ4v) is 6.51. The quantitative estimate of drug-likeness (QED) is 0.540. The molecule has 2 atom stereocenters. The van der Waals surface area contributed by atoms with Gasteiger partial charge in [0.2, 0.25) is 0 Å². The third kappa shape index (κ3) is 4.26. The molecule has 2 aromatic carbocycles. The van der Waals surface area contributed by atoms with Gasteiger partial charge in [0.15, 0.2) is 12.0 Å². The monoisotopic (exact) mass is 503 g/mol. The Balaban J connectivity index is 1.15. The van der Waals surface area contributed by atoms with Gasteiger partial charge in [-0.3, -0.25) is 14.6 Å². The first kappa shape index (κ1) is 23.4. The molecule has 0 saturated carbocycles. The highest BCUT2D eigenvalue weighted by Gasteiger charge is 2.37.